The molecule has 20 heavy (non-hydrogen) atoms. The van der Waals surface area contributed by atoms with Crippen LogP contribution in [-0.2, 0) is 4.79 Å². The first-order valence-electron chi connectivity index (χ1n) is 5.98. The van der Waals surface area contributed by atoms with Gasteiger partial charge < -0.3 is 15.7 Å². The molecule has 8 heteroatoms. The minimum absolute atomic E-state index is 0.0991. The van der Waals surface area contributed by atoms with Crippen LogP contribution in [-0.4, -0.2) is 35.0 Å². The Morgan fingerprint density at radius 2 is 2.10 bits per heavy atom. The van der Waals surface area contributed by atoms with Gasteiger partial charge in [0.15, 0.2) is 0 Å². The van der Waals surface area contributed by atoms with Crippen molar-refractivity contribution in [3.63, 3.8) is 0 Å². The Bertz CT molecular complexity index is 530. The first-order valence-corrected chi connectivity index (χ1v) is 5.98. The molecule has 0 aliphatic carbocycles. The fourth-order valence-corrected chi connectivity index (χ4v) is 1.48. The number of nitrogens with one attached hydrogen (secondary N) is 2. The van der Waals surface area contributed by atoms with Crippen LogP contribution in [0.15, 0.2) is 18.2 Å². The third-order valence-corrected chi connectivity index (χ3v) is 2.46. The van der Waals surface area contributed by atoms with Crippen LogP contribution in [0.5, 0.6) is 0 Å². The van der Waals surface area contributed by atoms with Crippen LogP contribution in [0.3, 0.4) is 0 Å². The summed E-state index contributed by atoms with van der Waals surface area (Å²) >= 11 is 0. The number of benzene rings is 1. The summed E-state index contributed by atoms with van der Waals surface area (Å²) in [6.45, 7) is 2.34. The van der Waals surface area contributed by atoms with Crippen LogP contribution in [0.2, 0.25) is 0 Å². The number of nitro benzene ring substituents is 1. The molecule has 1 aromatic carbocycles. The molecule has 0 saturated heterocycles. The van der Waals surface area contributed by atoms with E-state index in [0.717, 1.165) is 12.5 Å². The average Bonchev–Trinajstić information content (AvgIpc) is 2.42. The lowest BCUT2D eigenvalue weighted by molar-refractivity contribution is -0.384. The molecule has 108 valence electrons. The molecule has 0 bridgehead atoms. The average molecular weight is 281 g/mol. The molecule has 0 heterocycles. The van der Waals surface area contributed by atoms with E-state index in [0.29, 0.717) is 6.54 Å². The Balaban J connectivity index is 2.81. The second-order valence-electron chi connectivity index (χ2n) is 4.00. The van der Waals surface area contributed by atoms with Gasteiger partial charge in [0, 0.05) is 24.4 Å². The summed E-state index contributed by atoms with van der Waals surface area (Å²) in [5.74, 6) is -1.58. The molecule has 0 radical (unpaired) electrons. The monoisotopic (exact) mass is 281 g/mol. The molecule has 0 aromatic heterocycles. The highest BCUT2D eigenvalue weighted by Gasteiger charge is 2.16. The summed E-state index contributed by atoms with van der Waals surface area (Å²) in [4.78, 5) is 32.4. The van der Waals surface area contributed by atoms with Crippen LogP contribution in [0.4, 0.5) is 11.4 Å². The van der Waals surface area contributed by atoms with Crippen molar-refractivity contribution in [3.05, 3.63) is 33.9 Å². The number of carboxylic acids is 1. The van der Waals surface area contributed by atoms with E-state index in [2.05, 4.69) is 10.6 Å². The van der Waals surface area contributed by atoms with Gasteiger partial charge in [0.2, 0.25) is 5.91 Å². The quantitative estimate of drug-likeness (QED) is 0.510. The first kappa shape index (κ1) is 15.4. The summed E-state index contributed by atoms with van der Waals surface area (Å²) in [5.41, 5.74) is -0.402. The van der Waals surface area contributed by atoms with Crippen LogP contribution < -0.4 is 10.6 Å². The Morgan fingerprint density at radius 1 is 1.40 bits per heavy atom. The number of rotatable bonds is 7. The topological polar surface area (TPSA) is 122 Å². The van der Waals surface area contributed by atoms with E-state index < -0.39 is 10.9 Å². The lowest BCUT2D eigenvalue weighted by Crippen LogP contribution is -2.30. The van der Waals surface area contributed by atoms with Gasteiger partial charge in [-0.1, -0.05) is 6.92 Å². The molecular weight excluding hydrogens is 266 g/mol. The van der Waals surface area contributed by atoms with Crippen molar-refractivity contribution >= 4 is 23.3 Å². The van der Waals surface area contributed by atoms with Gasteiger partial charge in [-0.25, -0.2) is 4.79 Å². The summed E-state index contributed by atoms with van der Waals surface area (Å²) in [7, 11) is 0. The van der Waals surface area contributed by atoms with Gasteiger partial charge in [-0.15, -0.1) is 0 Å². The molecule has 0 unspecified atom stereocenters. The molecule has 0 spiro atoms. The van der Waals surface area contributed by atoms with E-state index in [9.17, 15) is 19.7 Å². The second kappa shape index (κ2) is 7.07. The Morgan fingerprint density at radius 3 is 2.65 bits per heavy atom. The molecule has 1 amide bonds. The van der Waals surface area contributed by atoms with E-state index in [-0.39, 0.29) is 29.4 Å². The molecule has 3 N–H and O–H groups in total. The van der Waals surface area contributed by atoms with E-state index >= 15 is 0 Å². The normalized spacial score (nSPS) is 9.85. The van der Waals surface area contributed by atoms with Gasteiger partial charge in [0.1, 0.15) is 0 Å². The highest BCUT2D eigenvalue weighted by molar-refractivity contribution is 5.95. The van der Waals surface area contributed by atoms with Crippen molar-refractivity contribution in [2.75, 3.05) is 18.4 Å². The molecule has 0 aliphatic heterocycles. The Hall–Kier alpha value is -2.64. The summed E-state index contributed by atoms with van der Waals surface area (Å²) in [6.07, 6.45) is 0.795. The van der Waals surface area contributed by atoms with Crippen LogP contribution in [0.1, 0.15) is 23.7 Å². The van der Waals surface area contributed by atoms with E-state index in [1.165, 1.54) is 12.1 Å². The lowest BCUT2D eigenvalue weighted by Gasteiger charge is -2.09. The predicted molar refractivity (Wildman–Crippen MR) is 71.8 cm³/mol. The third-order valence-electron chi connectivity index (χ3n) is 2.46. The fourth-order valence-electron chi connectivity index (χ4n) is 1.48. The van der Waals surface area contributed by atoms with E-state index in [1.807, 2.05) is 6.92 Å². The zero-order valence-corrected chi connectivity index (χ0v) is 10.9. The second-order valence-corrected chi connectivity index (χ2v) is 4.00. The fraction of sp³-hybridized carbons (Fsp3) is 0.333. The number of carboxylic acid groups (broad SMARTS) is 1. The number of non-ortho nitro benzene ring substituents is 1. The van der Waals surface area contributed by atoms with Crippen molar-refractivity contribution in [2.45, 2.75) is 13.3 Å². The zero-order chi connectivity index (χ0) is 15.1. The van der Waals surface area contributed by atoms with Gasteiger partial charge in [0.05, 0.1) is 17.0 Å². The number of carbonyl (C=O) groups is 2. The van der Waals surface area contributed by atoms with Crippen molar-refractivity contribution in [3.8, 4) is 0 Å². The molecule has 1 aromatic rings. The predicted octanol–water partition coefficient (Wildman–Crippen LogP) is 1.23. The molecule has 0 saturated carbocycles. The maximum absolute atomic E-state index is 11.4. The highest BCUT2D eigenvalue weighted by atomic mass is 16.6. The van der Waals surface area contributed by atoms with Gasteiger partial charge in [-0.05, 0) is 12.5 Å². The van der Waals surface area contributed by atoms with Gasteiger partial charge in [-0.3, -0.25) is 14.9 Å². The number of nitrogens with zero attached hydrogens (tertiary/aromatic N) is 1. The number of nitro groups is 1. The zero-order valence-electron chi connectivity index (χ0n) is 10.9. The number of amides is 1. The lowest BCUT2D eigenvalue weighted by atomic mass is 10.1. The van der Waals surface area contributed by atoms with Gasteiger partial charge >= 0.3 is 5.97 Å². The largest absolute Gasteiger partial charge is 0.478 e. The van der Waals surface area contributed by atoms with Crippen LogP contribution in [0.25, 0.3) is 0 Å². The van der Waals surface area contributed by atoms with Gasteiger partial charge in [-0.2, -0.15) is 0 Å². The van der Waals surface area contributed by atoms with E-state index in [4.69, 9.17) is 5.11 Å². The number of hydrogen-bond acceptors (Lipinski definition) is 5. The van der Waals surface area contributed by atoms with Crippen LogP contribution >= 0.6 is 0 Å². The first-order chi connectivity index (χ1) is 9.45. The third kappa shape index (κ3) is 4.23. The van der Waals surface area contributed by atoms with Crippen molar-refractivity contribution in [2.24, 2.45) is 0 Å². The Labute approximate surface area is 114 Å². The molecule has 0 fully saturated rings. The SMILES string of the molecule is CCCNC(=O)CNc1ccc([N+](=O)[O-])cc1C(=O)O. The van der Waals surface area contributed by atoms with E-state index in [1.54, 1.807) is 0 Å². The van der Waals surface area contributed by atoms with Crippen molar-refractivity contribution in [1.29, 1.82) is 0 Å². The molecule has 0 atom stereocenters. The van der Waals surface area contributed by atoms with Crippen molar-refractivity contribution < 1.29 is 19.6 Å². The Kier molecular flexibility index (Phi) is 5.45. The minimum Gasteiger partial charge on any atom is -0.478 e. The minimum atomic E-state index is -1.30. The number of aromatic carboxylic acids is 1. The number of hydrogen-bond donors (Lipinski definition) is 3. The molecular formula is C12H15N3O5. The molecule has 8 nitrogen and oxygen atoms in total. The standard InChI is InChI=1S/C12H15N3O5/c1-2-5-13-11(16)7-14-10-4-3-8(15(19)20)6-9(10)12(17)18/h3-4,6,14H,2,5,7H2,1H3,(H,13,16)(H,17,18). The number of carbonyl (C=O) groups excluding carboxylic acids is 1. The number of anilines is 1. The summed E-state index contributed by atoms with van der Waals surface area (Å²) < 4.78 is 0. The maximum Gasteiger partial charge on any atom is 0.338 e. The summed E-state index contributed by atoms with van der Waals surface area (Å²) in [6, 6.07) is 3.40. The molecule has 1 rings (SSSR count). The van der Waals surface area contributed by atoms with Crippen LogP contribution in [0, 0.1) is 10.1 Å². The van der Waals surface area contributed by atoms with Crippen molar-refractivity contribution in [1.82, 2.24) is 5.32 Å². The molecule has 0 aliphatic rings. The van der Waals surface area contributed by atoms with Gasteiger partial charge in [0.25, 0.3) is 5.69 Å². The highest BCUT2D eigenvalue weighted by Crippen LogP contribution is 2.21. The smallest absolute Gasteiger partial charge is 0.338 e. The maximum atomic E-state index is 11.4. The summed E-state index contributed by atoms with van der Waals surface area (Å²) in [5, 5.41) is 24.9.